The van der Waals surface area contributed by atoms with Crippen LogP contribution in [0.4, 0.5) is 18.9 Å². The lowest BCUT2D eigenvalue weighted by molar-refractivity contribution is -0.137. The summed E-state index contributed by atoms with van der Waals surface area (Å²) in [6, 6.07) is 4.97. The van der Waals surface area contributed by atoms with Crippen molar-refractivity contribution in [3.8, 4) is 0 Å². The lowest BCUT2D eigenvalue weighted by Crippen LogP contribution is -2.06. The second-order valence-electron chi connectivity index (χ2n) is 4.29. The van der Waals surface area contributed by atoms with Gasteiger partial charge in [-0.15, -0.1) is 0 Å². The molecule has 0 radical (unpaired) electrons. The summed E-state index contributed by atoms with van der Waals surface area (Å²) in [5, 5.41) is 6.60. The molecule has 0 bridgehead atoms. The average molecular weight is 285 g/mol. The molecule has 0 aliphatic rings. The Balaban J connectivity index is 1.99. The van der Waals surface area contributed by atoms with E-state index in [9.17, 15) is 13.2 Å². The third kappa shape index (κ3) is 3.72. The number of halogens is 3. The SMILES string of the molecule is CCCc1noc(CNc2cccc(C(F)(F)F)c2)n1. The fourth-order valence-corrected chi connectivity index (χ4v) is 1.67. The number of benzene rings is 1. The number of nitrogens with one attached hydrogen (secondary N) is 1. The Morgan fingerprint density at radius 1 is 1.30 bits per heavy atom. The van der Waals surface area contributed by atoms with Crippen LogP contribution in [0.15, 0.2) is 28.8 Å². The van der Waals surface area contributed by atoms with Gasteiger partial charge in [0, 0.05) is 12.1 Å². The molecule has 20 heavy (non-hydrogen) atoms. The van der Waals surface area contributed by atoms with Crippen LogP contribution in [0.3, 0.4) is 0 Å². The number of alkyl halides is 3. The molecule has 7 heteroatoms. The molecule has 1 N–H and O–H groups in total. The zero-order chi connectivity index (χ0) is 14.6. The van der Waals surface area contributed by atoms with Crippen LogP contribution < -0.4 is 5.32 Å². The monoisotopic (exact) mass is 285 g/mol. The Kier molecular flexibility index (Phi) is 4.26. The molecule has 0 saturated heterocycles. The maximum Gasteiger partial charge on any atom is 0.416 e. The summed E-state index contributed by atoms with van der Waals surface area (Å²) in [4.78, 5) is 4.12. The normalized spacial score (nSPS) is 11.6. The van der Waals surface area contributed by atoms with Crippen LogP contribution in [0.25, 0.3) is 0 Å². The number of hydrogen-bond acceptors (Lipinski definition) is 4. The molecule has 0 saturated carbocycles. The van der Waals surface area contributed by atoms with Crippen molar-refractivity contribution in [3.05, 3.63) is 41.5 Å². The van der Waals surface area contributed by atoms with Crippen molar-refractivity contribution in [1.82, 2.24) is 10.1 Å². The van der Waals surface area contributed by atoms with E-state index in [4.69, 9.17) is 4.52 Å². The van der Waals surface area contributed by atoms with Crippen LogP contribution in [0.2, 0.25) is 0 Å². The molecule has 1 aromatic carbocycles. The molecule has 0 fully saturated rings. The number of nitrogens with zero attached hydrogens (tertiary/aromatic N) is 2. The van der Waals surface area contributed by atoms with Crippen molar-refractivity contribution in [2.45, 2.75) is 32.5 Å². The Labute approximate surface area is 114 Å². The van der Waals surface area contributed by atoms with Crippen molar-refractivity contribution >= 4 is 5.69 Å². The van der Waals surface area contributed by atoms with E-state index in [1.54, 1.807) is 6.07 Å². The fourth-order valence-electron chi connectivity index (χ4n) is 1.67. The molecule has 4 nitrogen and oxygen atoms in total. The summed E-state index contributed by atoms with van der Waals surface area (Å²) in [6.07, 6.45) is -2.73. The summed E-state index contributed by atoms with van der Waals surface area (Å²) >= 11 is 0. The number of hydrogen-bond donors (Lipinski definition) is 1. The molecule has 0 unspecified atom stereocenters. The highest BCUT2D eigenvalue weighted by molar-refractivity contribution is 5.46. The lowest BCUT2D eigenvalue weighted by atomic mass is 10.2. The molecule has 0 aliphatic carbocycles. The highest BCUT2D eigenvalue weighted by Crippen LogP contribution is 2.30. The standard InChI is InChI=1S/C13H14F3N3O/c1-2-4-11-18-12(20-19-11)8-17-10-6-3-5-9(7-10)13(14,15)16/h3,5-7,17H,2,4,8H2,1H3. The molecule has 2 rings (SSSR count). The first-order valence-corrected chi connectivity index (χ1v) is 6.21. The predicted molar refractivity (Wildman–Crippen MR) is 67.1 cm³/mol. The Morgan fingerprint density at radius 2 is 2.10 bits per heavy atom. The largest absolute Gasteiger partial charge is 0.416 e. The topological polar surface area (TPSA) is 51.0 Å². The molecule has 0 atom stereocenters. The van der Waals surface area contributed by atoms with Gasteiger partial charge in [0.25, 0.3) is 0 Å². The summed E-state index contributed by atoms with van der Waals surface area (Å²) in [7, 11) is 0. The first kappa shape index (κ1) is 14.4. The molecule has 1 heterocycles. The highest BCUT2D eigenvalue weighted by Gasteiger charge is 2.30. The van der Waals surface area contributed by atoms with E-state index in [-0.39, 0.29) is 6.54 Å². The van der Waals surface area contributed by atoms with Gasteiger partial charge in [0.1, 0.15) is 0 Å². The van der Waals surface area contributed by atoms with Gasteiger partial charge in [-0.05, 0) is 24.6 Å². The Morgan fingerprint density at radius 3 is 2.80 bits per heavy atom. The summed E-state index contributed by atoms with van der Waals surface area (Å²) in [5.41, 5.74) is -0.338. The van der Waals surface area contributed by atoms with E-state index < -0.39 is 11.7 Å². The first-order chi connectivity index (χ1) is 9.49. The van der Waals surface area contributed by atoms with Crippen LogP contribution >= 0.6 is 0 Å². The van der Waals surface area contributed by atoms with Crippen LogP contribution in [0.5, 0.6) is 0 Å². The van der Waals surface area contributed by atoms with Gasteiger partial charge in [0.2, 0.25) is 5.89 Å². The van der Waals surface area contributed by atoms with E-state index in [1.165, 1.54) is 6.07 Å². The molecule has 0 aliphatic heterocycles. The highest BCUT2D eigenvalue weighted by atomic mass is 19.4. The lowest BCUT2D eigenvalue weighted by Gasteiger charge is -2.09. The van der Waals surface area contributed by atoms with Gasteiger partial charge in [0.05, 0.1) is 12.1 Å². The van der Waals surface area contributed by atoms with Crippen molar-refractivity contribution in [3.63, 3.8) is 0 Å². The second kappa shape index (κ2) is 5.94. The smallest absolute Gasteiger partial charge is 0.376 e. The minimum atomic E-state index is -4.35. The van der Waals surface area contributed by atoms with Crippen LogP contribution in [0.1, 0.15) is 30.6 Å². The summed E-state index contributed by atoms with van der Waals surface area (Å²) in [6.45, 7) is 2.19. The van der Waals surface area contributed by atoms with Crippen molar-refractivity contribution in [1.29, 1.82) is 0 Å². The zero-order valence-corrected chi connectivity index (χ0v) is 10.9. The van der Waals surface area contributed by atoms with E-state index >= 15 is 0 Å². The van der Waals surface area contributed by atoms with E-state index in [0.29, 0.717) is 23.8 Å². The quantitative estimate of drug-likeness (QED) is 0.911. The van der Waals surface area contributed by atoms with Gasteiger partial charge in [-0.2, -0.15) is 18.2 Å². The maximum absolute atomic E-state index is 12.6. The minimum absolute atomic E-state index is 0.192. The summed E-state index contributed by atoms with van der Waals surface area (Å²) in [5.74, 6) is 0.958. The zero-order valence-electron chi connectivity index (χ0n) is 10.9. The fraction of sp³-hybridized carbons (Fsp3) is 0.385. The third-order valence-electron chi connectivity index (χ3n) is 2.62. The van der Waals surface area contributed by atoms with Gasteiger partial charge in [0.15, 0.2) is 5.82 Å². The number of aryl methyl sites for hydroxylation is 1. The van der Waals surface area contributed by atoms with E-state index in [1.807, 2.05) is 6.92 Å². The molecule has 0 amide bonds. The van der Waals surface area contributed by atoms with Gasteiger partial charge < -0.3 is 9.84 Å². The Bertz CT molecular complexity index is 566. The molecular weight excluding hydrogens is 271 g/mol. The average Bonchev–Trinajstić information content (AvgIpc) is 2.84. The van der Waals surface area contributed by atoms with Gasteiger partial charge in [-0.25, -0.2) is 0 Å². The molecule has 108 valence electrons. The predicted octanol–water partition coefficient (Wildman–Crippen LogP) is 3.65. The summed E-state index contributed by atoms with van der Waals surface area (Å²) < 4.78 is 42.6. The number of rotatable bonds is 5. The Hall–Kier alpha value is -2.05. The second-order valence-corrected chi connectivity index (χ2v) is 4.29. The van der Waals surface area contributed by atoms with Crippen molar-refractivity contribution in [2.75, 3.05) is 5.32 Å². The first-order valence-electron chi connectivity index (χ1n) is 6.21. The minimum Gasteiger partial charge on any atom is -0.376 e. The maximum atomic E-state index is 12.6. The molecule has 1 aromatic heterocycles. The molecule has 0 spiro atoms. The van der Waals surface area contributed by atoms with E-state index in [0.717, 1.165) is 18.6 Å². The van der Waals surface area contributed by atoms with Crippen LogP contribution in [0, 0.1) is 0 Å². The molecule has 2 aromatic rings. The van der Waals surface area contributed by atoms with Gasteiger partial charge in [-0.3, -0.25) is 0 Å². The molecular formula is C13H14F3N3O. The number of anilines is 1. The van der Waals surface area contributed by atoms with Crippen LogP contribution in [-0.2, 0) is 19.1 Å². The third-order valence-corrected chi connectivity index (χ3v) is 2.62. The van der Waals surface area contributed by atoms with Gasteiger partial charge in [-0.1, -0.05) is 18.1 Å². The van der Waals surface area contributed by atoms with E-state index in [2.05, 4.69) is 15.5 Å². The van der Waals surface area contributed by atoms with Gasteiger partial charge >= 0.3 is 6.18 Å². The van der Waals surface area contributed by atoms with Crippen molar-refractivity contribution in [2.24, 2.45) is 0 Å². The number of aromatic nitrogens is 2. The van der Waals surface area contributed by atoms with Crippen LogP contribution in [-0.4, -0.2) is 10.1 Å². The van der Waals surface area contributed by atoms with Crippen molar-refractivity contribution < 1.29 is 17.7 Å².